The number of hydrogen-bond donors (Lipinski definition) is 1. The SMILES string of the molecule is CC(C)COC(=O)NCC(=O)OCc1ccccc1. The summed E-state index contributed by atoms with van der Waals surface area (Å²) in [7, 11) is 0. The molecule has 1 amide bonds. The van der Waals surface area contributed by atoms with Crippen LogP contribution in [0, 0.1) is 5.92 Å². The van der Waals surface area contributed by atoms with E-state index in [2.05, 4.69) is 5.32 Å². The van der Waals surface area contributed by atoms with Crippen LogP contribution in [0.5, 0.6) is 0 Å². The van der Waals surface area contributed by atoms with Gasteiger partial charge in [-0.05, 0) is 11.5 Å². The van der Waals surface area contributed by atoms with Gasteiger partial charge in [-0.25, -0.2) is 4.79 Å². The Morgan fingerprint density at radius 3 is 2.47 bits per heavy atom. The number of ether oxygens (including phenoxy) is 2. The monoisotopic (exact) mass is 265 g/mol. The molecule has 0 aliphatic heterocycles. The molecule has 0 bridgehead atoms. The lowest BCUT2D eigenvalue weighted by molar-refractivity contribution is -0.143. The van der Waals surface area contributed by atoms with Gasteiger partial charge in [0.25, 0.3) is 0 Å². The fourth-order valence-corrected chi connectivity index (χ4v) is 1.23. The first-order valence-electron chi connectivity index (χ1n) is 6.18. The number of rotatable bonds is 6. The molecular weight excluding hydrogens is 246 g/mol. The van der Waals surface area contributed by atoms with Crippen LogP contribution in [-0.4, -0.2) is 25.2 Å². The summed E-state index contributed by atoms with van der Waals surface area (Å²) < 4.78 is 9.85. The van der Waals surface area contributed by atoms with Crippen molar-refractivity contribution in [1.29, 1.82) is 0 Å². The first-order chi connectivity index (χ1) is 9.08. The van der Waals surface area contributed by atoms with E-state index in [-0.39, 0.29) is 19.1 Å². The van der Waals surface area contributed by atoms with Crippen LogP contribution in [0.4, 0.5) is 4.79 Å². The van der Waals surface area contributed by atoms with E-state index in [4.69, 9.17) is 9.47 Å². The highest BCUT2D eigenvalue weighted by molar-refractivity contribution is 5.77. The predicted molar refractivity (Wildman–Crippen MR) is 70.4 cm³/mol. The predicted octanol–water partition coefficient (Wildman–Crippen LogP) is 2.11. The molecule has 0 aliphatic rings. The van der Waals surface area contributed by atoms with Crippen molar-refractivity contribution in [2.75, 3.05) is 13.2 Å². The highest BCUT2D eigenvalue weighted by Crippen LogP contribution is 2.00. The molecule has 0 radical (unpaired) electrons. The van der Waals surface area contributed by atoms with E-state index in [1.165, 1.54) is 0 Å². The van der Waals surface area contributed by atoms with Crippen LogP contribution in [-0.2, 0) is 20.9 Å². The second-order valence-electron chi connectivity index (χ2n) is 4.49. The largest absolute Gasteiger partial charge is 0.460 e. The summed E-state index contributed by atoms with van der Waals surface area (Å²) in [5.74, 6) is -0.235. The topological polar surface area (TPSA) is 64.6 Å². The number of alkyl carbamates (subject to hydrolysis) is 1. The van der Waals surface area contributed by atoms with Gasteiger partial charge in [0.05, 0.1) is 6.61 Å². The maximum absolute atomic E-state index is 11.4. The molecule has 5 heteroatoms. The molecule has 0 fully saturated rings. The number of esters is 1. The van der Waals surface area contributed by atoms with E-state index in [1.54, 1.807) is 0 Å². The van der Waals surface area contributed by atoms with Crippen LogP contribution >= 0.6 is 0 Å². The summed E-state index contributed by atoms with van der Waals surface area (Å²) in [5.41, 5.74) is 0.901. The summed E-state index contributed by atoms with van der Waals surface area (Å²) in [6, 6.07) is 9.34. The van der Waals surface area contributed by atoms with Gasteiger partial charge in [0.2, 0.25) is 0 Å². The van der Waals surface area contributed by atoms with Gasteiger partial charge in [0.15, 0.2) is 0 Å². The van der Waals surface area contributed by atoms with Crippen LogP contribution in [0.3, 0.4) is 0 Å². The number of nitrogens with one attached hydrogen (secondary N) is 1. The van der Waals surface area contributed by atoms with Crippen molar-refractivity contribution in [2.45, 2.75) is 20.5 Å². The Hall–Kier alpha value is -2.04. The standard InChI is InChI=1S/C14H19NO4/c1-11(2)9-19-14(17)15-8-13(16)18-10-12-6-4-3-5-7-12/h3-7,11H,8-10H2,1-2H3,(H,15,17). The number of benzene rings is 1. The molecule has 0 heterocycles. The summed E-state index contributed by atoms with van der Waals surface area (Å²) in [4.78, 5) is 22.6. The van der Waals surface area contributed by atoms with Crippen molar-refractivity contribution >= 4 is 12.1 Å². The van der Waals surface area contributed by atoms with E-state index < -0.39 is 12.1 Å². The van der Waals surface area contributed by atoms with Gasteiger partial charge in [-0.15, -0.1) is 0 Å². The van der Waals surface area contributed by atoms with Gasteiger partial charge >= 0.3 is 12.1 Å². The van der Waals surface area contributed by atoms with Crippen molar-refractivity contribution in [1.82, 2.24) is 5.32 Å². The van der Waals surface area contributed by atoms with Gasteiger partial charge < -0.3 is 14.8 Å². The molecule has 0 aliphatic carbocycles. The molecule has 0 aromatic heterocycles. The molecule has 5 nitrogen and oxygen atoms in total. The Morgan fingerprint density at radius 1 is 1.16 bits per heavy atom. The lowest BCUT2D eigenvalue weighted by Crippen LogP contribution is -2.31. The highest BCUT2D eigenvalue weighted by Gasteiger charge is 2.08. The minimum atomic E-state index is -0.606. The third-order valence-electron chi connectivity index (χ3n) is 2.17. The van der Waals surface area contributed by atoms with Gasteiger partial charge in [-0.2, -0.15) is 0 Å². The molecule has 19 heavy (non-hydrogen) atoms. The summed E-state index contributed by atoms with van der Waals surface area (Å²) >= 11 is 0. The fraction of sp³-hybridized carbons (Fsp3) is 0.429. The number of amides is 1. The zero-order chi connectivity index (χ0) is 14.1. The Balaban J connectivity index is 2.16. The summed E-state index contributed by atoms with van der Waals surface area (Å²) in [5, 5.41) is 2.34. The minimum Gasteiger partial charge on any atom is -0.460 e. The Kier molecular flexibility index (Phi) is 6.43. The Morgan fingerprint density at radius 2 is 1.84 bits per heavy atom. The van der Waals surface area contributed by atoms with Crippen LogP contribution in [0.25, 0.3) is 0 Å². The third-order valence-corrected chi connectivity index (χ3v) is 2.17. The number of carbonyl (C=O) groups excluding carboxylic acids is 2. The zero-order valence-corrected chi connectivity index (χ0v) is 11.2. The molecule has 0 saturated heterocycles. The van der Waals surface area contributed by atoms with E-state index >= 15 is 0 Å². The molecule has 1 N–H and O–H groups in total. The van der Waals surface area contributed by atoms with Crippen LogP contribution in [0.2, 0.25) is 0 Å². The van der Waals surface area contributed by atoms with Gasteiger partial charge in [-0.3, -0.25) is 4.79 Å². The van der Waals surface area contributed by atoms with Crippen molar-refractivity contribution in [2.24, 2.45) is 5.92 Å². The van der Waals surface area contributed by atoms with E-state index in [1.807, 2.05) is 44.2 Å². The van der Waals surface area contributed by atoms with E-state index in [0.717, 1.165) is 5.56 Å². The Bertz CT molecular complexity index is 403. The third kappa shape index (κ3) is 7.08. The molecule has 0 atom stereocenters. The van der Waals surface area contributed by atoms with Gasteiger partial charge in [0, 0.05) is 0 Å². The maximum Gasteiger partial charge on any atom is 0.407 e. The first kappa shape index (κ1) is 15.0. The average Bonchev–Trinajstić information content (AvgIpc) is 2.41. The molecule has 0 unspecified atom stereocenters. The van der Waals surface area contributed by atoms with E-state index in [0.29, 0.717) is 6.61 Å². The maximum atomic E-state index is 11.4. The van der Waals surface area contributed by atoms with E-state index in [9.17, 15) is 9.59 Å². The molecule has 1 aromatic carbocycles. The van der Waals surface area contributed by atoms with Gasteiger partial charge in [0.1, 0.15) is 13.2 Å². The molecular formula is C14H19NO4. The summed E-state index contributed by atoms with van der Waals surface area (Å²) in [6.07, 6.45) is -0.606. The fourth-order valence-electron chi connectivity index (χ4n) is 1.23. The van der Waals surface area contributed by atoms with Crippen molar-refractivity contribution in [3.63, 3.8) is 0 Å². The van der Waals surface area contributed by atoms with Crippen LogP contribution in [0.15, 0.2) is 30.3 Å². The number of hydrogen-bond acceptors (Lipinski definition) is 4. The molecule has 1 aromatic rings. The lowest BCUT2D eigenvalue weighted by atomic mass is 10.2. The lowest BCUT2D eigenvalue weighted by Gasteiger charge is -2.08. The van der Waals surface area contributed by atoms with Gasteiger partial charge in [-0.1, -0.05) is 44.2 Å². The van der Waals surface area contributed by atoms with Crippen LogP contribution < -0.4 is 5.32 Å². The zero-order valence-electron chi connectivity index (χ0n) is 11.2. The average molecular weight is 265 g/mol. The van der Waals surface area contributed by atoms with Crippen molar-refractivity contribution in [3.05, 3.63) is 35.9 Å². The van der Waals surface area contributed by atoms with Crippen molar-refractivity contribution in [3.8, 4) is 0 Å². The molecule has 104 valence electrons. The Labute approximate surface area is 112 Å². The first-order valence-corrected chi connectivity index (χ1v) is 6.18. The van der Waals surface area contributed by atoms with Crippen LogP contribution in [0.1, 0.15) is 19.4 Å². The molecule has 1 rings (SSSR count). The summed E-state index contributed by atoms with van der Waals surface area (Å²) in [6.45, 7) is 4.19. The normalized spacial score (nSPS) is 10.1. The quantitative estimate of drug-likeness (QED) is 0.800. The second-order valence-corrected chi connectivity index (χ2v) is 4.49. The molecule has 0 saturated carbocycles. The number of carbonyl (C=O) groups is 2. The minimum absolute atomic E-state index is 0.191. The second kappa shape index (κ2) is 8.13. The smallest absolute Gasteiger partial charge is 0.407 e. The van der Waals surface area contributed by atoms with Crippen molar-refractivity contribution < 1.29 is 19.1 Å². The highest BCUT2D eigenvalue weighted by atomic mass is 16.6. The molecule has 0 spiro atoms.